The standard InChI is InChI=1S/C41H52N2O5S2/c1-27-20-30(24-42-23-27)34-12-13-35-33-11-10-31-22-32(14-17-40(31,3)36(33)15-18-41(34,35)4)48-39(47)16-19-49-50-28(2)21-37(44)43(26-38(45)46)25-29-8-6-5-7-9-29/h5-10,12,20,23-24,28,32-33,35-36H,11,13-19,21-22,25-26H2,1-4H3,(H,45,46)/t28-,32+,33+,35?,36+,40+,41-/m1/s1. The predicted molar refractivity (Wildman–Crippen MR) is 202 cm³/mol. The van der Waals surface area contributed by atoms with E-state index in [9.17, 15) is 19.5 Å². The molecule has 1 unspecified atom stereocenters. The van der Waals surface area contributed by atoms with E-state index in [1.807, 2.05) is 43.5 Å². The number of aromatic nitrogens is 1. The first kappa shape index (κ1) is 36.7. The van der Waals surface area contributed by atoms with Crippen molar-refractivity contribution < 1.29 is 24.2 Å². The largest absolute Gasteiger partial charge is 0.480 e. The van der Waals surface area contributed by atoms with E-state index in [1.54, 1.807) is 21.6 Å². The minimum absolute atomic E-state index is 0.0162. The Labute approximate surface area is 305 Å². The van der Waals surface area contributed by atoms with Gasteiger partial charge in [0.2, 0.25) is 5.91 Å². The second kappa shape index (κ2) is 15.7. The molecule has 1 heterocycles. The molecule has 0 aliphatic heterocycles. The third kappa shape index (κ3) is 8.04. The van der Waals surface area contributed by atoms with Gasteiger partial charge in [-0.25, -0.2) is 0 Å². The lowest BCUT2D eigenvalue weighted by Gasteiger charge is -2.57. The molecule has 1 aromatic carbocycles. The second-order valence-electron chi connectivity index (χ2n) is 15.5. The zero-order valence-electron chi connectivity index (χ0n) is 29.9. The molecule has 4 aliphatic carbocycles. The lowest BCUT2D eigenvalue weighted by molar-refractivity contribution is -0.150. The molecule has 7 atom stereocenters. The molecule has 1 N–H and O–H groups in total. The predicted octanol–water partition coefficient (Wildman–Crippen LogP) is 8.92. The molecule has 0 saturated heterocycles. The monoisotopic (exact) mass is 716 g/mol. The van der Waals surface area contributed by atoms with Gasteiger partial charge in [-0.05, 0) is 102 Å². The van der Waals surface area contributed by atoms with Crippen molar-refractivity contribution in [3.8, 4) is 0 Å². The number of carbonyl (C=O) groups excluding carboxylic acids is 2. The quantitative estimate of drug-likeness (QED) is 0.0951. The summed E-state index contributed by atoms with van der Waals surface area (Å²) >= 11 is 0. The van der Waals surface area contributed by atoms with E-state index < -0.39 is 5.97 Å². The van der Waals surface area contributed by atoms with Crippen molar-refractivity contribution in [2.45, 2.75) is 103 Å². The fourth-order valence-corrected chi connectivity index (χ4v) is 11.8. The van der Waals surface area contributed by atoms with Gasteiger partial charge in [0.1, 0.15) is 12.6 Å². The maximum atomic E-state index is 13.0. The molecule has 1 aromatic heterocycles. The molecule has 1 amide bonds. The van der Waals surface area contributed by atoms with Crippen molar-refractivity contribution in [1.82, 2.24) is 9.88 Å². The van der Waals surface area contributed by atoms with E-state index in [4.69, 9.17) is 4.74 Å². The van der Waals surface area contributed by atoms with Crippen LogP contribution in [0.4, 0.5) is 0 Å². The van der Waals surface area contributed by atoms with Crippen LogP contribution in [-0.2, 0) is 25.7 Å². The maximum Gasteiger partial charge on any atom is 0.323 e. The highest BCUT2D eigenvalue weighted by Crippen LogP contribution is 2.66. The van der Waals surface area contributed by atoms with Crippen molar-refractivity contribution in [2.24, 2.45) is 28.6 Å². The Morgan fingerprint density at radius 2 is 1.82 bits per heavy atom. The third-order valence-electron chi connectivity index (χ3n) is 12.1. The smallest absolute Gasteiger partial charge is 0.323 e. The third-order valence-corrected chi connectivity index (χ3v) is 15.0. The van der Waals surface area contributed by atoms with E-state index in [1.165, 1.54) is 40.0 Å². The van der Waals surface area contributed by atoms with Crippen molar-refractivity contribution in [3.63, 3.8) is 0 Å². The number of allylic oxidation sites excluding steroid dienone is 3. The van der Waals surface area contributed by atoms with E-state index in [0.29, 0.717) is 29.9 Å². The number of carboxylic acid groups (broad SMARTS) is 1. The molecule has 0 bridgehead atoms. The molecular weight excluding hydrogens is 665 g/mol. The van der Waals surface area contributed by atoms with Crippen LogP contribution in [0.25, 0.3) is 5.57 Å². The molecule has 2 fully saturated rings. The number of amides is 1. The Morgan fingerprint density at radius 1 is 1.04 bits per heavy atom. The van der Waals surface area contributed by atoms with E-state index in [0.717, 1.165) is 37.7 Å². The Bertz CT molecular complexity index is 1630. The zero-order chi connectivity index (χ0) is 35.5. The lowest BCUT2D eigenvalue weighted by Crippen LogP contribution is -2.50. The average Bonchev–Trinajstić information content (AvgIpc) is 3.44. The number of nitrogens with zero attached hydrogens (tertiary/aromatic N) is 2. The number of pyridine rings is 1. The number of hydrogen-bond donors (Lipinski definition) is 1. The van der Waals surface area contributed by atoms with Crippen LogP contribution in [0.2, 0.25) is 0 Å². The van der Waals surface area contributed by atoms with Gasteiger partial charge in [-0.1, -0.05) is 90.4 Å². The molecule has 268 valence electrons. The van der Waals surface area contributed by atoms with Gasteiger partial charge in [0.05, 0.1) is 6.42 Å². The van der Waals surface area contributed by atoms with Gasteiger partial charge >= 0.3 is 11.9 Å². The summed E-state index contributed by atoms with van der Waals surface area (Å²) in [6, 6.07) is 11.7. The van der Waals surface area contributed by atoms with Gasteiger partial charge in [-0.3, -0.25) is 19.4 Å². The van der Waals surface area contributed by atoms with Crippen LogP contribution < -0.4 is 0 Å². The first-order valence-electron chi connectivity index (χ1n) is 18.3. The highest BCUT2D eigenvalue weighted by Gasteiger charge is 2.57. The molecule has 6 rings (SSSR count). The highest BCUT2D eigenvalue weighted by atomic mass is 33.1. The fourth-order valence-electron chi connectivity index (χ4n) is 9.59. The SMILES string of the molecule is Cc1cncc(C2=CCC3[C@@H]4CC=C5C[C@@H](OC(=O)CCSS[C@H](C)CC(=O)N(CC(=O)O)Cc6ccccc6)CC[C@]5(C)[C@H]4CC[C@]23C)c1. The molecular formula is C41H52N2O5S2. The number of esters is 1. The summed E-state index contributed by atoms with van der Waals surface area (Å²) in [5, 5.41) is 9.32. The molecule has 2 saturated carbocycles. The minimum Gasteiger partial charge on any atom is -0.480 e. The van der Waals surface area contributed by atoms with Gasteiger partial charge in [-0.15, -0.1) is 0 Å². The molecule has 50 heavy (non-hydrogen) atoms. The number of aryl methyl sites for hydroxylation is 1. The average molecular weight is 717 g/mol. The van der Waals surface area contributed by atoms with E-state index in [-0.39, 0.29) is 53.6 Å². The number of carbonyl (C=O) groups is 3. The number of aliphatic carboxylic acids is 1. The highest BCUT2D eigenvalue weighted by molar-refractivity contribution is 8.76. The van der Waals surface area contributed by atoms with Crippen LogP contribution >= 0.6 is 21.6 Å². The Hall–Kier alpha value is -3.04. The Morgan fingerprint density at radius 3 is 2.58 bits per heavy atom. The van der Waals surface area contributed by atoms with Crippen LogP contribution in [0.15, 0.2) is 66.5 Å². The van der Waals surface area contributed by atoms with Crippen molar-refractivity contribution in [1.29, 1.82) is 0 Å². The van der Waals surface area contributed by atoms with Crippen molar-refractivity contribution in [3.05, 3.63) is 83.2 Å². The van der Waals surface area contributed by atoms with Gasteiger partial charge in [-0.2, -0.15) is 0 Å². The van der Waals surface area contributed by atoms with Crippen LogP contribution in [0.3, 0.4) is 0 Å². The number of carboxylic acids is 1. The first-order valence-corrected chi connectivity index (χ1v) is 20.7. The normalized spacial score (nSPS) is 29.0. The van der Waals surface area contributed by atoms with Gasteiger partial charge in [0, 0.05) is 42.8 Å². The summed E-state index contributed by atoms with van der Waals surface area (Å²) < 4.78 is 6.04. The Balaban J connectivity index is 0.950. The van der Waals surface area contributed by atoms with Crippen LogP contribution in [0, 0.1) is 35.5 Å². The van der Waals surface area contributed by atoms with Gasteiger partial charge < -0.3 is 14.7 Å². The summed E-state index contributed by atoms with van der Waals surface area (Å²) in [6.45, 7) is 9.04. The van der Waals surface area contributed by atoms with Crippen LogP contribution in [-0.4, -0.2) is 56.5 Å². The number of hydrogen-bond acceptors (Lipinski definition) is 7. The van der Waals surface area contributed by atoms with Crippen molar-refractivity contribution >= 4 is 45.0 Å². The molecule has 0 radical (unpaired) electrons. The molecule has 7 nitrogen and oxygen atoms in total. The molecule has 4 aliphatic rings. The number of rotatable bonds is 13. The summed E-state index contributed by atoms with van der Waals surface area (Å²) in [7, 11) is 3.13. The fraction of sp³-hybridized carbons (Fsp3) is 0.561. The van der Waals surface area contributed by atoms with Crippen molar-refractivity contribution in [2.75, 3.05) is 12.3 Å². The summed E-state index contributed by atoms with van der Waals surface area (Å²) in [4.78, 5) is 43.2. The van der Waals surface area contributed by atoms with Gasteiger partial charge in [0.25, 0.3) is 0 Å². The lowest BCUT2D eigenvalue weighted by atomic mass is 9.47. The van der Waals surface area contributed by atoms with Gasteiger partial charge in [0.15, 0.2) is 0 Å². The number of benzene rings is 1. The number of fused-ring (bicyclic) bond motifs is 5. The summed E-state index contributed by atoms with van der Waals surface area (Å²) in [5.74, 6) is 1.27. The number of ether oxygens (including phenoxy) is 1. The summed E-state index contributed by atoms with van der Waals surface area (Å²) in [6.07, 6.45) is 17.1. The summed E-state index contributed by atoms with van der Waals surface area (Å²) in [5.41, 5.74) is 6.82. The van der Waals surface area contributed by atoms with Crippen LogP contribution in [0.1, 0.15) is 95.2 Å². The molecule has 0 spiro atoms. The molecule has 9 heteroatoms. The topological polar surface area (TPSA) is 96.8 Å². The Kier molecular flexibility index (Phi) is 11.5. The van der Waals surface area contributed by atoms with Crippen LogP contribution in [0.5, 0.6) is 0 Å². The zero-order valence-corrected chi connectivity index (χ0v) is 31.6. The van der Waals surface area contributed by atoms with E-state index >= 15 is 0 Å². The minimum atomic E-state index is -1.02. The maximum absolute atomic E-state index is 13.0. The first-order chi connectivity index (χ1) is 24.0. The second-order valence-corrected chi connectivity index (χ2v) is 18.4. The van der Waals surface area contributed by atoms with E-state index in [2.05, 4.69) is 50.2 Å². The molecule has 2 aromatic rings.